The first kappa shape index (κ1) is 16.2. The largest absolute Gasteiger partial charge is 0.370 e. The summed E-state index contributed by atoms with van der Waals surface area (Å²) < 4.78 is 0. The third kappa shape index (κ3) is 4.36. The van der Waals surface area contributed by atoms with Crippen LogP contribution in [-0.2, 0) is 4.79 Å². The van der Waals surface area contributed by atoms with Crippen molar-refractivity contribution in [3.05, 3.63) is 11.9 Å². The summed E-state index contributed by atoms with van der Waals surface area (Å²) in [5, 5.41) is 6.35. The van der Waals surface area contributed by atoms with Gasteiger partial charge in [0.1, 0.15) is 18.0 Å². The highest BCUT2D eigenvalue weighted by atomic mass is 16.2. The average molecular weight is 279 g/mol. The predicted molar refractivity (Wildman–Crippen MR) is 82.0 cm³/mol. The normalized spacial score (nSPS) is 10.2. The van der Waals surface area contributed by atoms with Crippen molar-refractivity contribution >= 4 is 17.5 Å². The minimum Gasteiger partial charge on any atom is -0.370 e. The lowest BCUT2D eigenvalue weighted by Crippen LogP contribution is -2.35. The first-order valence-electron chi connectivity index (χ1n) is 7.21. The van der Waals surface area contributed by atoms with Gasteiger partial charge in [0.25, 0.3) is 0 Å². The number of hydrogen-bond donors (Lipinski definition) is 2. The summed E-state index contributed by atoms with van der Waals surface area (Å²) in [7, 11) is 0. The highest BCUT2D eigenvalue weighted by Crippen LogP contribution is 2.17. The lowest BCUT2D eigenvalue weighted by Gasteiger charge is -2.19. The number of likely N-dealkylation sites (N-methyl/N-ethyl adjacent to an activating group) is 1. The highest BCUT2D eigenvalue weighted by molar-refractivity contribution is 5.81. The van der Waals surface area contributed by atoms with E-state index >= 15 is 0 Å². The van der Waals surface area contributed by atoms with Gasteiger partial charge in [0.15, 0.2) is 0 Å². The van der Waals surface area contributed by atoms with Crippen LogP contribution in [0.1, 0.15) is 32.8 Å². The number of anilines is 2. The summed E-state index contributed by atoms with van der Waals surface area (Å²) in [5.41, 5.74) is 0.938. The van der Waals surface area contributed by atoms with Gasteiger partial charge in [0.2, 0.25) is 5.91 Å². The number of carbonyl (C=O) groups is 1. The van der Waals surface area contributed by atoms with E-state index in [1.54, 1.807) is 4.90 Å². The Morgan fingerprint density at radius 3 is 2.30 bits per heavy atom. The van der Waals surface area contributed by atoms with Crippen LogP contribution in [0.2, 0.25) is 0 Å². The van der Waals surface area contributed by atoms with E-state index < -0.39 is 0 Å². The Labute approximate surface area is 121 Å². The molecule has 0 atom stereocenters. The SMILES string of the molecule is CCCNc1ncnc(NCC(=O)N(CC)CC)c1C. The molecule has 0 radical (unpaired) electrons. The quantitative estimate of drug-likeness (QED) is 0.760. The molecule has 0 aromatic carbocycles. The fourth-order valence-electron chi connectivity index (χ4n) is 1.90. The molecule has 112 valence electrons. The van der Waals surface area contributed by atoms with E-state index in [1.165, 1.54) is 6.33 Å². The Bertz CT molecular complexity index is 432. The highest BCUT2D eigenvalue weighted by Gasteiger charge is 2.11. The molecule has 0 saturated heterocycles. The molecule has 0 bridgehead atoms. The van der Waals surface area contributed by atoms with Gasteiger partial charge >= 0.3 is 0 Å². The van der Waals surface area contributed by atoms with Gasteiger partial charge in [0, 0.05) is 25.2 Å². The first-order chi connectivity index (χ1) is 9.63. The number of amides is 1. The summed E-state index contributed by atoms with van der Waals surface area (Å²) in [5.74, 6) is 1.61. The topological polar surface area (TPSA) is 70.1 Å². The van der Waals surface area contributed by atoms with Gasteiger partial charge < -0.3 is 15.5 Å². The molecule has 0 unspecified atom stereocenters. The Hall–Kier alpha value is -1.85. The Morgan fingerprint density at radius 2 is 1.75 bits per heavy atom. The average Bonchev–Trinajstić information content (AvgIpc) is 2.46. The minimum absolute atomic E-state index is 0.0797. The molecular weight excluding hydrogens is 254 g/mol. The van der Waals surface area contributed by atoms with Crippen LogP contribution in [0.5, 0.6) is 0 Å². The number of nitrogens with one attached hydrogen (secondary N) is 2. The van der Waals surface area contributed by atoms with Crippen LogP contribution >= 0.6 is 0 Å². The van der Waals surface area contributed by atoms with Gasteiger partial charge in [-0.05, 0) is 27.2 Å². The molecule has 1 amide bonds. The van der Waals surface area contributed by atoms with Crippen molar-refractivity contribution in [2.24, 2.45) is 0 Å². The van der Waals surface area contributed by atoms with Gasteiger partial charge in [-0.15, -0.1) is 0 Å². The summed E-state index contributed by atoms with van der Waals surface area (Å²) in [6.45, 7) is 10.6. The van der Waals surface area contributed by atoms with Crippen molar-refractivity contribution < 1.29 is 4.79 Å². The van der Waals surface area contributed by atoms with Gasteiger partial charge in [0.05, 0.1) is 6.54 Å². The van der Waals surface area contributed by atoms with Crippen LogP contribution in [0.3, 0.4) is 0 Å². The van der Waals surface area contributed by atoms with Crippen LogP contribution in [-0.4, -0.2) is 47.0 Å². The maximum absolute atomic E-state index is 12.0. The minimum atomic E-state index is 0.0797. The molecule has 0 fully saturated rings. The Kier molecular flexibility index (Phi) is 6.76. The van der Waals surface area contributed by atoms with Crippen LogP contribution in [0.25, 0.3) is 0 Å². The second-order valence-corrected chi connectivity index (χ2v) is 4.54. The van der Waals surface area contributed by atoms with Crippen LogP contribution in [0.4, 0.5) is 11.6 Å². The van der Waals surface area contributed by atoms with E-state index in [0.717, 1.165) is 37.4 Å². The zero-order valence-electron chi connectivity index (χ0n) is 12.9. The predicted octanol–water partition coefficient (Wildman–Crippen LogP) is 1.89. The molecule has 0 aliphatic rings. The van der Waals surface area contributed by atoms with Crippen LogP contribution in [0, 0.1) is 6.92 Å². The molecular formula is C14H25N5O. The van der Waals surface area contributed by atoms with Crippen molar-refractivity contribution in [3.63, 3.8) is 0 Å². The lowest BCUT2D eigenvalue weighted by atomic mass is 10.3. The molecule has 0 aliphatic carbocycles. The standard InChI is InChI=1S/C14H25N5O/c1-5-8-15-13-11(4)14(18-10-17-13)16-9-12(20)19(6-2)7-3/h10H,5-9H2,1-4H3,(H2,15,16,17,18). The molecule has 2 N–H and O–H groups in total. The van der Waals surface area contributed by atoms with Crippen LogP contribution in [0.15, 0.2) is 6.33 Å². The molecule has 6 heteroatoms. The van der Waals surface area contributed by atoms with Gasteiger partial charge in [-0.2, -0.15) is 0 Å². The van der Waals surface area contributed by atoms with Crippen molar-refractivity contribution in [1.29, 1.82) is 0 Å². The van der Waals surface area contributed by atoms with E-state index in [4.69, 9.17) is 0 Å². The summed E-state index contributed by atoms with van der Waals surface area (Å²) >= 11 is 0. The maximum atomic E-state index is 12.0. The van der Waals surface area contributed by atoms with Crippen molar-refractivity contribution in [1.82, 2.24) is 14.9 Å². The Morgan fingerprint density at radius 1 is 1.15 bits per heavy atom. The molecule has 6 nitrogen and oxygen atoms in total. The van der Waals surface area contributed by atoms with Crippen molar-refractivity contribution in [2.45, 2.75) is 34.1 Å². The fraction of sp³-hybridized carbons (Fsp3) is 0.643. The fourth-order valence-corrected chi connectivity index (χ4v) is 1.90. The monoisotopic (exact) mass is 279 g/mol. The van der Waals surface area contributed by atoms with Crippen molar-refractivity contribution in [2.75, 3.05) is 36.8 Å². The third-order valence-corrected chi connectivity index (χ3v) is 3.15. The molecule has 0 saturated carbocycles. The Balaban J connectivity index is 2.66. The van der Waals surface area contributed by atoms with E-state index in [0.29, 0.717) is 5.82 Å². The van der Waals surface area contributed by atoms with Crippen LogP contribution < -0.4 is 10.6 Å². The second kappa shape index (κ2) is 8.35. The third-order valence-electron chi connectivity index (χ3n) is 3.15. The van der Waals surface area contributed by atoms with Gasteiger partial charge in [-0.25, -0.2) is 9.97 Å². The van der Waals surface area contributed by atoms with Gasteiger partial charge in [-0.3, -0.25) is 4.79 Å². The summed E-state index contributed by atoms with van der Waals surface area (Å²) in [6, 6.07) is 0. The maximum Gasteiger partial charge on any atom is 0.241 e. The smallest absolute Gasteiger partial charge is 0.241 e. The zero-order chi connectivity index (χ0) is 15.0. The number of aromatic nitrogens is 2. The molecule has 1 rings (SSSR count). The van der Waals surface area contributed by atoms with E-state index in [9.17, 15) is 4.79 Å². The number of rotatable bonds is 8. The molecule has 0 aliphatic heterocycles. The molecule has 1 aromatic heterocycles. The van der Waals surface area contributed by atoms with E-state index in [-0.39, 0.29) is 12.5 Å². The van der Waals surface area contributed by atoms with E-state index in [1.807, 2.05) is 20.8 Å². The second-order valence-electron chi connectivity index (χ2n) is 4.54. The zero-order valence-corrected chi connectivity index (χ0v) is 12.9. The number of carbonyl (C=O) groups excluding carboxylic acids is 1. The molecule has 0 spiro atoms. The summed E-state index contributed by atoms with van der Waals surface area (Å²) in [4.78, 5) is 22.2. The first-order valence-corrected chi connectivity index (χ1v) is 7.21. The van der Waals surface area contributed by atoms with Gasteiger partial charge in [-0.1, -0.05) is 6.92 Å². The summed E-state index contributed by atoms with van der Waals surface area (Å²) in [6.07, 6.45) is 2.54. The lowest BCUT2D eigenvalue weighted by molar-refractivity contribution is -0.128. The number of nitrogens with zero attached hydrogens (tertiary/aromatic N) is 3. The molecule has 1 heterocycles. The van der Waals surface area contributed by atoms with Crippen molar-refractivity contribution in [3.8, 4) is 0 Å². The molecule has 1 aromatic rings. The molecule has 20 heavy (non-hydrogen) atoms. The van der Waals surface area contributed by atoms with E-state index in [2.05, 4.69) is 27.5 Å². The number of hydrogen-bond acceptors (Lipinski definition) is 5.